The Balaban J connectivity index is 1.85. The zero-order valence-electron chi connectivity index (χ0n) is 35.0. The molecule has 17 atom stereocenters. The van der Waals surface area contributed by atoms with Crippen molar-refractivity contribution in [1.82, 2.24) is 0 Å². The van der Waals surface area contributed by atoms with Crippen LogP contribution in [0.1, 0.15) is 109 Å². The molecule has 0 aromatic rings. The zero-order valence-corrected chi connectivity index (χ0v) is 35.0. The first-order valence-corrected chi connectivity index (χ1v) is 19.7. The number of likely N-dealkylation sites (N-methyl/N-ethyl adjacent to an activating group) is 1. The predicted molar refractivity (Wildman–Crippen MR) is 197 cm³/mol. The Hall–Kier alpha value is -1.39. The lowest BCUT2D eigenvalue weighted by atomic mass is 9.78. The average Bonchev–Trinajstić information content (AvgIpc) is 3.40. The average molecular weight is 759 g/mol. The summed E-state index contributed by atoms with van der Waals surface area (Å²) >= 11 is 0. The SMILES string of the molecule is CC[C@H]1OC(=O)[C@H](C)[C@@H](O[C@H]2C[C@@](C)(OC)[C@@H](O)[C@H](C)O2)[C@H](C)[C@@H](O[C@@H]2O[C@H](C)C[C@H]([N+](C)(C)C(C)C)[C@H]2O)[C@@]2(C)CC(C)=C(O2)[C@H](C)[C@@H](O)[C@]1(C)O. The second-order valence-corrected chi connectivity index (χ2v) is 18.1. The fraction of sp³-hybridized carbons (Fsp3) is 0.925. The molecule has 0 saturated carbocycles. The van der Waals surface area contributed by atoms with E-state index in [2.05, 4.69) is 27.9 Å². The first-order valence-electron chi connectivity index (χ1n) is 19.7. The molecule has 4 N–H and O–H groups in total. The Kier molecular flexibility index (Phi) is 13.6. The first kappa shape index (κ1) is 44.3. The van der Waals surface area contributed by atoms with Crippen LogP contribution in [0.3, 0.4) is 0 Å². The molecular weight excluding hydrogens is 686 g/mol. The molecule has 0 aliphatic carbocycles. The van der Waals surface area contributed by atoms with Crippen molar-refractivity contribution < 1.29 is 62.9 Å². The standard InChI is InChI=1S/C40H72NO12/c1-16-28-40(12,46)33(43)23(6)31-21(4)18-39(11,53-31)35(52-37-30(42)27(17-22(5)48-37)41(13,14)20(2)3)24(7)32(25(8)36(45)50-28)51-29-19-38(10,47-15)34(44)26(9)49-29/h20,22-30,32-35,37,42-44,46H,16-19H2,1-15H3/q+1/t22-,23+,24+,25-,26+,27+,28-,29+,30-,32+,33-,34+,35-,37+,38-,39-,40-/m1/s1. The van der Waals surface area contributed by atoms with Crippen LogP contribution >= 0.6 is 0 Å². The molecule has 53 heavy (non-hydrogen) atoms. The maximum Gasteiger partial charge on any atom is 0.311 e. The molecule has 4 rings (SSSR count). The number of quaternary nitrogens is 1. The second-order valence-electron chi connectivity index (χ2n) is 18.1. The van der Waals surface area contributed by atoms with Crippen molar-refractivity contribution in [2.45, 2.75) is 199 Å². The number of rotatable bonds is 8. The van der Waals surface area contributed by atoms with E-state index in [9.17, 15) is 25.2 Å². The molecule has 4 heterocycles. The summed E-state index contributed by atoms with van der Waals surface area (Å²) in [5, 5.41) is 46.5. The maximum absolute atomic E-state index is 14.2. The molecule has 2 bridgehead atoms. The van der Waals surface area contributed by atoms with Gasteiger partial charge in [-0.25, -0.2) is 0 Å². The highest BCUT2D eigenvalue weighted by Crippen LogP contribution is 2.47. The molecule has 0 aromatic carbocycles. The van der Waals surface area contributed by atoms with E-state index < -0.39 is 95.8 Å². The summed E-state index contributed by atoms with van der Waals surface area (Å²) in [5.41, 5.74) is -3.01. The third-order valence-corrected chi connectivity index (χ3v) is 13.5. The Morgan fingerprint density at radius 3 is 2.15 bits per heavy atom. The fourth-order valence-corrected chi connectivity index (χ4v) is 9.26. The number of methoxy groups -OCH3 is 1. The van der Waals surface area contributed by atoms with E-state index in [0.717, 1.165) is 5.57 Å². The fourth-order valence-electron chi connectivity index (χ4n) is 9.26. The summed E-state index contributed by atoms with van der Waals surface area (Å²) in [4.78, 5) is 14.2. The van der Waals surface area contributed by atoms with Crippen molar-refractivity contribution in [3.8, 4) is 0 Å². The van der Waals surface area contributed by atoms with E-state index in [1.165, 1.54) is 14.0 Å². The number of nitrogens with zero attached hydrogens (tertiary/aromatic N) is 1. The van der Waals surface area contributed by atoms with Crippen LogP contribution in [0.5, 0.6) is 0 Å². The van der Waals surface area contributed by atoms with Crippen molar-refractivity contribution in [3.05, 3.63) is 11.3 Å². The number of esters is 1. The smallest absolute Gasteiger partial charge is 0.311 e. The van der Waals surface area contributed by atoms with Gasteiger partial charge in [0.2, 0.25) is 0 Å². The van der Waals surface area contributed by atoms with E-state index in [4.69, 9.17) is 33.2 Å². The van der Waals surface area contributed by atoms with Crippen LogP contribution in [0.15, 0.2) is 11.3 Å². The van der Waals surface area contributed by atoms with Crippen LogP contribution in [0, 0.1) is 17.8 Å². The maximum atomic E-state index is 14.2. The lowest BCUT2D eigenvalue weighted by Gasteiger charge is -2.51. The van der Waals surface area contributed by atoms with Crippen LogP contribution in [0.2, 0.25) is 0 Å². The molecule has 4 aliphatic rings. The second kappa shape index (κ2) is 16.2. The molecule has 308 valence electrons. The highest BCUT2D eigenvalue weighted by atomic mass is 16.7. The van der Waals surface area contributed by atoms with Gasteiger partial charge in [0, 0.05) is 38.2 Å². The molecule has 13 heteroatoms. The predicted octanol–water partition coefficient (Wildman–Crippen LogP) is 3.82. The summed E-state index contributed by atoms with van der Waals surface area (Å²) in [6.07, 6.45) is -7.40. The molecule has 4 aliphatic heterocycles. The number of hydrogen-bond acceptors (Lipinski definition) is 12. The zero-order chi connectivity index (χ0) is 40.2. The van der Waals surface area contributed by atoms with Crippen LogP contribution in [-0.2, 0) is 38.0 Å². The quantitative estimate of drug-likeness (QED) is 0.210. The number of carbonyl (C=O) groups excluding carboxylic acids is 1. The van der Waals surface area contributed by atoms with Crippen molar-refractivity contribution in [2.24, 2.45) is 17.8 Å². The van der Waals surface area contributed by atoms with Gasteiger partial charge in [-0.05, 0) is 74.3 Å². The minimum atomic E-state index is -1.82. The largest absolute Gasteiger partial charge is 0.489 e. The monoisotopic (exact) mass is 759 g/mol. The van der Waals surface area contributed by atoms with Gasteiger partial charge in [-0.15, -0.1) is 0 Å². The molecule has 0 aromatic heterocycles. The van der Waals surface area contributed by atoms with Gasteiger partial charge in [0.1, 0.15) is 41.3 Å². The number of hydrogen-bond donors (Lipinski definition) is 4. The Labute approximate surface area is 317 Å². The van der Waals surface area contributed by atoms with E-state index >= 15 is 0 Å². The van der Waals surface area contributed by atoms with Gasteiger partial charge in [0.25, 0.3) is 0 Å². The van der Waals surface area contributed by atoms with Gasteiger partial charge in [-0.3, -0.25) is 4.79 Å². The Bertz CT molecular complexity index is 1310. The van der Waals surface area contributed by atoms with E-state index in [1.807, 2.05) is 27.7 Å². The summed E-state index contributed by atoms with van der Waals surface area (Å²) in [5.74, 6) is -2.32. The molecule has 13 nitrogen and oxygen atoms in total. The lowest BCUT2D eigenvalue weighted by molar-refractivity contribution is -0.941. The number of aliphatic hydroxyl groups excluding tert-OH is 3. The Morgan fingerprint density at radius 2 is 1.58 bits per heavy atom. The number of aliphatic hydroxyl groups is 4. The summed E-state index contributed by atoms with van der Waals surface area (Å²) in [6.45, 7) is 22.3. The molecule has 0 amide bonds. The minimum absolute atomic E-state index is 0.173. The molecule has 0 radical (unpaired) electrons. The van der Waals surface area contributed by atoms with Crippen molar-refractivity contribution >= 4 is 5.97 Å². The third-order valence-electron chi connectivity index (χ3n) is 13.5. The van der Waals surface area contributed by atoms with E-state index in [0.29, 0.717) is 23.1 Å². The van der Waals surface area contributed by atoms with Crippen LogP contribution in [0.4, 0.5) is 0 Å². The number of cyclic esters (lactones) is 1. The van der Waals surface area contributed by atoms with Gasteiger partial charge in [-0.1, -0.05) is 20.8 Å². The topological polar surface area (TPSA) is 163 Å². The molecule has 3 fully saturated rings. The highest BCUT2D eigenvalue weighted by Gasteiger charge is 2.57. The van der Waals surface area contributed by atoms with Gasteiger partial charge in [0.05, 0.1) is 56.1 Å². The van der Waals surface area contributed by atoms with Crippen LogP contribution in [-0.4, -0.2) is 142 Å². The third kappa shape index (κ3) is 8.50. The molecular formula is C40H72NO12+. The van der Waals surface area contributed by atoms with Gasteiger partial charge < -0.3 is 58.1 Å². The Morgan fingerprint density at radius 1 is 0.962 bits per heavy atom. The van der Waals surface area contributed by atoms with Crippen molar-refractivity contribution in [2.75, 3.05) is 21.2 Å². The van der Waals surface area contributed by atoms with Crippen molar-refractivity contribution in [1.29, 1.82) is 0 Å². The van der Waals surface area contributed by atoms with E-state index in [1.54, 1.807) is 34.6 Å². The van der Waals surface area contributed by atoms with Gasteiger partial charge in [-0.2, -0.15) is 0 Å². The lowest BCUT2D eigenvalue weighted by Crippen LogP contribution is -2.66. The summed E-state index contributed by atoms with van der Waals surface area (Å²) in [7, 11) is 5.74. The van der Waals surface area contributed by atoms with Gasteiger partial charge in [0.15, 0.2) is 18.7 Å². The molecule has 3 saturated heterocycles. The first-order chi connectivity index (χ1) is 24.4. The van der Waals surface area contributed by atoms with Crippen LogP contribution < -0.4 is 0 Å². The van der Waals surface area contributed by atoms with Crippen LogP contribution in [0.25, 0.3) is 0 Å². The number of ether oxygens (including phenoxy) is 7. The van der Waals surface area contributed by atoms with Gasteiger partial charge >= 0.3 is 5.97 Å². The van der Waals surface area contributed by atoms with Crippen molar-refractivity contribution in [3.63, 3.8) is 0 Å². The highest BCUT2D eigenvalue weighted by molar-refractivity contribution is 5.73. The number of fused-ring (bicyclic) bond motifs is 2. The molecule has 0 spiro atoms. The normalized spacial score (nSPS) is 47.7. The minimum Gasteiger partial charge on any atom is -0.489 e. The summed E-state index contributed by atoms with van der Waals surface area (Å²) < 4.78 is 45.7. The number of carbonyl (C=O) groups is 1. The summed E-state index contributed by atoms with van der Waals surface area (Å²) in [6, 6.07) is 0.0203. The van der Waals surface area contributed by atoms with E-state index in [-0.39, 0.29) is 31.0 Å². The molecule has 0 unspecified atom stereocenters.